The first kappa shape index (κ1) is 18.7. The van der Waals surface area contributed by atoms with Crippen molar-refractivity contribution < 1.29 is 17.2 Å². The van der Waals surface area contributed by atoms with Crippen LogP contribution in [0.2, 0.25) is 0 Å². The predicted molar refractivity (Wildman–Crippen MR) is 105 cm³/mol. The lowest BCUT2D eigenvalue weighted by molar-refractivity contribution is 0.447. The van der Waals surface area contributed by atoms with Gasteiger partial charge in [-0.1, -0.05) is 18.2 Å². The van der Waals surface area contributed by atoms with E-state index in [0.717, 1.165) is 18.7 Å². The van der Waals surface area contributed by atoms with Crippen LogP contribution in [0.1, 0.15) is 22.9 Å². The molecule has 0 bridgehead atoms. The zero-order valence-corrected chi connectivity index (χ0v) is 16.2. The first-order valence-corrected chi connectivity index (χ1v) is 10.6. The van der Waals surface area contributed by atoms with Gasteiger partial charge in [0.05, 0.1) is 11.2 Å². The van der Waals surface area contributed by atoms with E-state index in [9.17, 15) is 12.8 Å². The maximum absolute atomic E-state index is 13.5. The lowest BCUT2D eigenvalue weighted by atomic mass is 10.1. The number of benzene rings is 2. The summed E-state index contributed by atoms with van der Waals surface area (Å²) in [6.45, 7) is 2.46. The minimum absolute atomic E-state index is 0.0476. The average molecular weight is 400 g/mol. The second-order valence-corrected chi connectivity index (χ2v) is 8.63. The summed E-state index contributed by atoms with van der Waals surface area (Å²) in [7, 11) is -3.78. The van der Waals surface area contributed by atoms with Crippen LogP contribution in [0.5, 0.6) is 0 Å². The Labute approximate surface area is 163 Å². The second-order valence-electron chi connectivity index (χ2n) is 6.87. The Morgan fingerprint density at radius 2 is 2.00 bits per heavy atom. The van der Waals surface area contributed by atoms with E-state index in [-0.39, 0.29) is 17.5 Å². The first-order chi connectivity index (χ1) is 13.5. The average Bonchev–Trinajstić information content (AvgIpc) is 3.35. The van der Waals surface area contributed by atoms with E-state index in [2.05, 4.69) is 15.7 Å². The molecule has 2 aromatic carbocycles. The highest BCUT2D eigenvalue weighted by Crippen LogP contribution is 2.35. The van der Waals surface area contributed by atoms with Crippen LogP contribution in [-0.2, 0) is 16.4 Å². The van der Waals surface area contributed by atoms with Crippen molar-refractivity contribution in [1.29, 1.82) is 0 Å². The van der Waals surface area contributed by atoms with E-state index in [1.54, 1.807) is 19.3 Å². The lowest BCUT2D eigenvalue weighted by Gasteiger charge is -2.29. The second kappa shape index (κ2) is 7.41. The molecule has 0 aliphatic carbocycles. The molecule has 1 aliphatic rings. The monoisotopic (exact) mass is 400 g/mol. The van der Waals surface area contributed by atoms with Gasteiger partial charge in [0.15, 0.2) is 0 Å². The van der Waals surface area contributed by atoms with Gasteiger partial charge in [-0.25, -0.2) is 17.5 Å². The van der Waals surface area contributed by atoms with Crippen LogP contribution in [0.25, 0.3) is 0 Å². The van der Waals surface area contributed by atoms with E-state index in [4.69, 9.17) is 4.42 Å². The number of nitrogens with zero attached hydrogens (tertiary/aromatic N) is 1. The predicted octanol–water partition coefficient (Wildman–Crippen LogP) is 3.81. The summed E-state index contributed by atoms with van der Waals surface area (Å²) in [4.78, 5) is 2.21. The number of anilines is 1. The smallest absolute Gasteiger partial charge is 0.240 e. The molecule has 1 atom stereocenters. The molecule has 28 heavy (non-hydrogen) atoms. The van der Waals surface area contributed by atoms with Gasteiger partial charge >= 0.3 is 0 Å². The number of aryl methyl sites for hydroxylation is 1. The molecular formula is C21H21FN2O3S. The van der Waals surface area contributed by atoms with Crippen molar-refractivity contribution in [3.63, 3.8) is 0 Å². The molecule has 2 heterocycles. The molecule has 0 unspecified atom stereocenters. The van der Waals surface area contributed by atoms with E-state index in [1.165, 1.54) is 23.8 Å². The van der Waals surface area contributed by atoms with Crippen molar-refractivity contribution in [1.82, 2.24) is 4.72 Å². The number of fused-ring (bicyclic) bond motifs is 1. The quantitative estimate of drug-likeness (QED) is 0.684. The molecule has 146 valence electrons. The van der Waals surface area contributed by atoms with Gasteiger partial charge in [0.2, 0.25) is 10.0 Å². The largest absolute Gasteiger partial charge is 0.467 e. The number of halogens is 1. The maximum Gasteiger partial charge on any atom is 0.240 e. The van der Waals surface area contributed by atoms with Gasteiger partial charge in [-0.3, -0.25) is 0 Å². The third-order valence-corrected chi connectivity index (χ3v) is 6.50. The molecule has 0 amide bonds. The van der Waals surface area contributed by atoms with Crippen molar-refractivity contribution in [2.45, 2.75) is 24.3 Å². The molecule has 0 saturated carbocycles. The highest BCUT2D eigenvalue weighted by molar-refractivity contribution is 7.89. The normalized spacial score (nSPS) is 14.9. The van der Waals surface area contributed by atoms with Crippen molar-refractivity contribution in [3.05, 3.63) is 83.6 Å². The molecule has 1 aliphatic heterocycles. The van der Waals surface area contributed by atoms with Crippen molar-refractivity contribution >= 4 is 15.7 Å². The van der Waals surface area contributed by atoms with Crippen LogP contribution >= 0.6 is 0 Å². The molecule has 0 spiro atoms. The minimum atomic E-state index is -3.78. The zero-order chi connectivity index (χ0) is 19.7. The molecule has 7 heteroatoms. The summed E-state index contributed by atoms with van der Waals surface area (Å²) < 4.78 is 47.3. The number of hydrogen-bond acceptors (Lipinski definition) is 4. The summed E-state index contributed by atoms with van der Waals surface area (Å²) in [5.74, 6) is 0.260. The number of para-hydroxylation sites is 1. The van der Waals surface area contributed by atoms with Gasteiger partial charge in [0.25, 0.3) is 0 Å². The Morgan fingerprint density at radius 3 is 2.75 bits per heavy atom. The number of sulfonamides is 1. The van der Waals surface area contributed by atoms with Gasteiger partial charge in [0, 0.05) is 18.8 Å². The third kappa shape index (κ3) is 3.55. The van der Waals surface area contributed by atoms with E-state index in [1.807, 2.05) is 24.3 Å². The van der Waals surface area contributed by atoms with E-state index >= 15 is 0 Å². The van der Waals surface area contributed by atoms with Gasteiger partial charge in [-0.05, 0) is 60.9 Å². The summed E-state index contributed by atoms with van der Waals surface area (Å²) >= 11 is 0. The standard InChI is InChI=1S/C21H21FN2O3S/c1-15-13-17(8-9-18(15)22)28(25,26)23-14-20(21-7-4-12-27-21)24-11-10-16-5-2-3-6-19(16)24/h2-9,12-13,20,23H,10-11,14H2,1H3/t20-/m0/s1. The van der Waals surface area contributed by atoms with E-state index < -0.39 is 15.8 Å². The molecule has 0 radical (unpaired) electrons. The molecule has 4 rings (SSSR count). The Hall–Kier alpha value is -2.64. The molecule has 5 nitrogen and oxygen atoms in total. The summed E-state index contributed by atoms with van der Waals surface area (Å²) in [5.41, 5.74) is 2.61. The van der Waals surface area contributed by atoms with Crippen LogP contribution in [-0.4, -0.2) is 21.5 Å². The Bertz CT molecular complexity index is 1080. The van der Waals surface area contributed by atoms with Crippen LogP contribution in [0.3, 0.4) is 0 Å². The van der Waals surface area contributed by atoms with Gasteiger partial charge in [-0.15, -0.1) is 0 Å². The molecule has 1 aromatic heterocycles. The molecule has 1 N–H and O–H groups in total. The number of nitrogens with one attached hydrogen (secondary N) is 1. The fourth-order valence-corrected chi connectivity index (χ4v) is 4.71. The Kier molecular flexibility index (Phi) is 4.95. The van der Waals surface area contributed by atoms with Crippen LogP contribution < -0.4 is 9.62 Å². The highest BCUT2D eigenvalue weighted by Gasteiger charge is 2.30. The molecule has 0 saturated heterocycles. The fraction of sp³-hybridized carbons (Fsp3) is 0.238. The minimum Gasteiger partial charge on any atom is -0.467 e. The van der Waals surface area contributed by atoms with Crippen molar-refractivity contribution in [3.8, 4) is 0 Å². The van der Waals surface area contributed by atoms with Gasteiger partial charge in [0.1, 0.15) is 17.6 Å². The Balaban J connectivity index is 1.60. The van der Waals surface area contributed by atoms with Crippen LogP contribution in [0, 0.1) is 12.7 Å². The third-order valence-electron chi connectivity index (χ3n) is 5.08. The fourth-order valence-electron chi connectivity index (χ4n) is 3.59. The SMILES string of the molecule is Cc1cc(S(=O)(=O)NC[C@@H](c2ccco2)N2CCc3ccccc32)ccc1F. The summed E-state index contributed by atoms with van der Waals surface area (Å²) in [6.07, 6.45) is 2.49. The number of rotatable bonds is 6. The van der Waals surface area contributed by atoms with Crippen LogP contribution in [0.15, 0.2) is 70.2 Å². The lowest BCUT2D eigenvalue weighted by Crippen LogP contribution is -2.37. The molecular weight excluding hydrogens is 379 g/mol. The van der Waals surface area contributed by atoms with Gasteiger partial charge in [-0.2, -0.15) is 0 Å². The topological polar surface area (TPSA) is 62.6 Å². The van der Waals surface area contributed by atoms with Crippen LogP contribution in [0.4, 0.5) is 10.1 Å². The first-order valence-electron chi connectivity index (χ1n) is 9.09. The Morgan fingerprint density at radius 1 is 1.18 bits per heavy atom. The molecule has 0 fully saturated rings. The maximum atomic E-state index is 13.5. The number of furan rings is 1. The van der Waals surface area contributed by atoms with Gasteiger partial charge < -0.3 is 9.32 Å². The summed E-state index contributed by atoms with van der Waals surface area (Å²) in [5, 5.41) is 0. The zero-order valence-electron chi connectivity index (χ0n) is 15.4. The van der Waals surface area contributed by atoms with Crippen molar-refractivity contribution in [2.24, 2.45) is 0 Å². The summed E-state index contributed by atoms with van der Waals surface area (Å²) in [6, 6.07) is 15.2. The highest BCUT2D eigenvalue weighted by atomic mass is 32.2. The van der Waals surface area contributed by atoms with E-state index in [0.29, 0.717) is 11.3 Å². The number of hydrogen-bond donors (Lipinski definition) is 1. The van der Waals surface area contributed by atoms with Crippen molar-refractivity contribution in [2.75, 3.05) is 18.0 Å². The molecule has 3 aromatic rings.